The Bertz CT molecular complexity index is 529. The SMILES string of the molecule is CC(O)[C@H]1CCC2C3CC(=O)C4C[C@@H](O)CC[C@@]4(C)C3CC[C@@]21C. The van der Waals surface area contributed by atoms with Gasteiger partial charge in [-0.05, 0) is 86.4 Å². The van der Waals surface area contributed by atoms with Gasteiger partial charge in [-0.3, -0.25) is 4.79 Å². The van der Waals surface area contributed by atoms with Crippen molar-refractivity contribution in [2.45, 2.75) is 84.3 Å². The molecule has 4 rings (SSSR count). The summed E-state index contributed by atoms with van der Waals surface area (Å²) in [6.45, 7) is 6.69. The van der Waals surface area contributed by atoms with Crippen molar-refractivity contribution >= 4 is 5.78 Å². The van der Waals surface area contributed by atoms with Crippen molar-refractivity contribution in [2.24, 2.45) is 40.4 Å². The zero-order valence-corrected chi connectivity index (χ0v) is 15.5. The van der Waals surface area contributed by atoms with Gasteiger partial charge in [0.2, 0.25) is 0 Å². The summed E-state index contributed by atoms with van der Waals surface area (Å²) in [6.07, 6.45) is 7.49. The van der Waals surface area contributed by atoms with Crippen LogP contribution in [-0.2, 0) is 4.79 Å². The van der Waals surface area contributed by atoms with Crippen LogP contribution < -0.4 is 0 Å². The lowest BCUT2D eigenvalue weighted by molar-refractivity contribution is -0.160. The molecule has 9 atom stereocenters. The van der Waals surface area contributed by atoms with E-state index in [0.29, 0.717) is 35.9 Å². The number of fused-ring (bicyclic) bond motifs is 5. The van der Waals surface area contributed by atoms with Crippen molar-refractivity contribution in [1.82, 2.24) is 0 Å². The lowest BCUT2D eigenvalue weighted by Gasteiger charge is -2.60. The van der Waals surface area contributed by atoms with E-state index in [2.05, 4.69) is 13.8 Å². The van der Waals surface area contributed by atoms with Gasteiger partial charge in [0, 0.05) is 12.3 Å². The predicted molar refractivity (Wildman–Crippen MR) is 93.3 cm³/mol. The molecule has 4 saturated carbocycles. The molecule has 5 unspecified atom stereocenters. The number of rotatable bonds is 1. The maximum absolute atomic E-state index is 13.0. The van der Waals surface area contributed by atoms with Crippen molar-refractivity contribution in [2.75, 3.05) is 0 Å². The lowest BCUT2D eigenvalue weighted by Crippen LogP contribution is -2.57. The first-order valence-corrected chi connectivity index (χ1v) is 10.2. The Labute approximate surface area is 146 Å². The van der Waals surface area contributed by atoms with Gasteiger partial charge in [-0.1, -0.05) is 13.8 Å². The van der Waals surface area contributed by atoms with Crippen LogP contribution in [0.25, 0.3) is 0 Å². The van der Waals surface area contributed by atoms with E-state index in [1.54, 1.807) is 0 Å². The topological polar surface area (TPSA) is 57.5 Å². The highest BCUT2D eigenvalue weighted by molar-refractivity contribution is 5.83. The van der Waals surface area contributed by atoms with Gasteiger partial charge in [0.1, 0.15) is 5.78 Å². The first-order valence-electron chi connectivity index (χ1n) is 10.2. The number of carbonyl (C=O) groups excluding carboxylic acids is 1. The van der Waals surface area contributed by atoms with Crippen LogP contribution in [0.3, 0.4) is 0 Å². The molecule has 0 amide bonds. The Morgan fingerprint density at radius 1 is 1.04 bits per heavy atom. The molecule has 3 heteroatoms. The van der Waals surface area contributed by atoms with E-state index in [1.807, 2.05) is 6.92 Å². The van der Waals surface area contributed by atoms with Crippen molar-refractivity contribution in [3.63, 3.8) is 0 Å². The Morgan fingerprint density at radius 2 is 1.71 bits per heavy atom. The predicted octanol–water partition coefficient (Wildman–Crippen LogP) is 3.57. The molecule has 4 aliphatic rings. The summed E-state index contributed by atoms with van der Waals surface area (Å²) in [4.78, 5) is 13.0. The minimum Gasteiger partial charge on any atom is -0.393 e. The molecule has 0 aromatic carbocycles. The molecule has 4 aliphatic carbocycles. The average Bonchev–Trinajstić information content (AvgIpc) is 2.87. The number of hydrogen-bond acceptors (Lipinski definition) is 3. The Morgan fingerprint density at radius 3 is 2.42 bits per heavy atom. The minimum absolute atomic E-state index is 0.0841. The second-order valence-electron chi connectivity index (χ2n) is 10.0. The first kappa shape index (κ1) is 17.0. The average molecular weight is 335 g/mol. The van der Waals surface area contributed by atoms with Crippen LogP contribution in [-0.4, -0.2) is 28.2 Å². The van der Waals surface area contributed by atoms with E-state index in [4.69, 9.17) is 0 Å². The van der Waals surface area contributed by atoms with Gasteiger partial charge in [0.25, 0.3) is 0 Å². The van der Waals surface area contributed by atoms with E-state index < -0.39 is 0 Å². The molecule has 0 aliphatic heterocycles. The fourth-order valence-electron chi connectivity index (χ4n) is 7.85. The maximum atomic E-state index is 13.0. The number of aliphatic hydroxyl groups excluding tert-OH is 2. The van der Waals surface area contributed by atoms with E-state index >= 15 is 0 Å². The quantitative estimate of drug-likeness (QED) is 0.771. The minimum atomic E-state index is -0.275. The largest absolute Gasteiger partial charge is 0.393 e. The molecule has 0 radical (unpaired) electrons. The Hall–Kier alpha value is -0.410. The number of carbonyl (C=O) groups is 1. The van der Waals surface area contributed by atoms with E-state index in [1.165, 1.54) is 19.3 Å². The number of ketones is 1. The second kappa shape index (κ2) is 5.54. The van der Waals surface area contributed by atoms with E-state index in [0.717, 1.165) is 25.7 Å². The molecular weight excluding hydrogens is 300 g/mol. The van der Waals surface area contributed by atoms with Crippen LogP contribution in [0.4, 0.5) is 0 Å². The standard InChI is InChI=1S/C21H34O3/c1-12(22)15-4-5-16-14-11-19(24)18-10-13(23)6-8-21(18,3)17(14)7-9-20(15,16)2/h12-18,22-23H,4-11H2,1-3H3/t12?,13-,14?,15+,16?,17?,18?,20+,21-/m0/s1. The monoisotopic (exact) mass is 334 g/mol. The van der Waals surface area contributed by atoms with Gasteiger partial charge in [0.15, 0.2) is 0 Å². The molecule has 2 N–H and O–H groups in total. The van der Waals surface area contributed by atoms with E-state index in [-0.39, 0.29) is 29.0 Å². The molecule has 0 aromatic rings. The molecule has 0 aromatic heterocycles. The summed E-state index contributed by atoms with van der Waals surface area (Å²) in [5.74, 6) is 2.65. The summed E-state index contributed by atoms with van der Waals surface area (Å²) < 4.78 is 0. The Balaban J connectivity index is 1.66. The third kappa shape index (κ3) is 2.19. The molecule has 0 heterocycles. The molecule has 3 nitrogen and oxygen atoms in total. The molecule has 0 saturated heterocycles. The van der Waals surface area contributed by atoms with Gasteiger partial charge < -0.3 is 10.2 Å². The summed E-state index contributed by atoms with van der Waals surface area (Å²) in [6, 6.07) is 0. The van der Waals surface area contributed by atoms with Crippen molar-refractivity contribution in [1.29, 1.82) is 0 Å². The van der Waals surface area contributed by atoms with E-state index in [9.17, 15) is 15.0 Å². The molecule has 0 spiro atoms. The smallest absolute Gasteiger partial charge is 0.136 e. The maximum Gasteiger partial charge on any atom is 0.136 e. The van der Waals surface area contributed by atoms with Crippen LogP contribution in [0, 0.1) is 40.4 Å². The normalized spacial score (nSPS) is 55.5. The van der Waals surface area contributed by atoms with Gasteiger partial charge in [-0.15, -0.1) is 0 Å². The molecular formula is C21H34O3. The van der Waals surface area contributed by atoms with Crippen molar-refractivity contribution in [3.05, 3.63) is 0 Å². The molecule has 24 heavy (non-hydrogen) atoms. The zero-order valence-electron chi connectivity index (χ0n) is 15.5. The fourth-order valence-corrected chi connectivity index (χ4v) is 7.85. The van der Waals surface area contributed by atoms with Gasteiger partial charge >= 0.3 is 0 Å². The van der Waals surface area contributed by atoms with Gasteiger partial charge in [-0.2, -0.15) is 0 Å². The highest BCUT2D eigenvalue weighted by Crippen LogP contribution is 2.67. The molecule has 0 bridgehead atoms. The van der Waals surface area contributed by atoms with Crippen LogP contribution in [0.1, 0.15) is 72.1 Å². The van der Waals surface area contributed by atoms with Gasteiger partial charge in [-0.25, -0.2) is 0 Å². The zero-order chi connectivity index (χ0) is 17.3. The summed E-state index contributed by atoms with van der Waals surface area (Å²) in [5, 5.41) is 20.4. The second-order valence-corrected chi connectivity index (χ2v) is 10.0. The van der Waals surface area contributed by atoms with Crippen LogP contribution in [0.15, 0.2) is 0 Å². The third-order valence-electron chi connectivity index (χ3n) is 9.09. The summed E-state index contributed by atoms with van der Waals surface area (Å²) in [5.41, 5.74) is 0.316. The third-order valence-corrected chi connectivity index (χ3v) is 9.09. The highest BCUT2D eigenvalue weighted by Gasteiger charge is 2.62. The lowest BCUT2D eigenvalue weighted by atomic mass is 9.44. The Kier molecular flexibility index (Phi) is 3.93. The van der Waals surface area contributed by atoms with Crippen molar-refractivity contribution < 1.29 is 15.0 Å². The van der Waals surface area contributed by atoms with Crippen LogP contribution in [0.2, 0.25) is 0 Å². The van der Waals surface area contributed by atoms with Crippen LogP contribution in [0.5, 0.6) is 0 Å². The summed E-state index contributed by atoms with van der Waals surface area (Å²) in [7, 11) is 0. The number of Topliss-reactive ketones (excluding diaryl/α,β-unsaturated/α-hetero) is 1. The number of aliphatic hydroxyl groups is 2. The van der Waals surface area contributed by atoms with Gasteiger partial charge in [0.05, 0.1) is 12.2 Å². The molecule has 136 valence electrons. The number of hydrogen-bond donors (Lipinski definition) is 2. The summed E-state index contributed by atoms with van der Waals surface area (Å²) >= 11 is 0. The first-order chi connectivity index (χ1) is 11.3. The fraction of sp³-hybridized carbons (Fsp3) is 0.952. The highest BCUT2D eigenvalue weighted by atomic mass is 16.3. The van der Waals surface area contributed by atoms with Crippen LogP contribution >= 0.6 is 0 Å². The van der Waals surface area contributed by atoms with Crippen molar-refractivity contribution in [3.8, 4) is 0 Å². The molecule has 4 fully saturated rings.